The number of ether oxygens (including phenoxy) is 1. The lowest BCUT2D eigenvalue weighted by molar-refractivity contribution is 0.175. The molecule has 0 aliphatic heterocycles. The van der Waals surface area contributed by atoms with E-state index < -0.39 is 12.1 Å². The number of hydrogen-bond donors (Lipinski definition) is 3. The Morgan fingerprint density at radius 3 is 2.62 bits per heavy atom. The molecule has 0 aromatic heterocycles. The Morgan fingerprint density at radius 1 is 1.25 bits per heavy atom. The van der Waals surface area contributed by atoms with Crippen molar-refractivity contribution in [1.82, 2.24) is 5.32 Å². The molecular weight excluding hydrogens is 328 g/mol. The van der Waals surface area contributed by atoms with Gasteiger partial charge in [0, 0.05) is 22.8 Å². The highest BCUT2D eigenvalue weighted by atomic mass is 35.5. The fourth-order valence-electron chi connectivity index (χ4n) is 1.98. The molecule has 3 N–H and O–H groups in total. The van der Waals surface area contributed by atoms with Gasteiger partial charge in [-0.05, 0) is 30.3 Å². The molecule has 1 atom stereocenters. The third kappa shape index (κ3) is 5.20. The quantitative estimate of drug-likeness (QED) is 0.705. The van der Waals surface area contributed by atoms with E-state index >= 15 is 0 Å². The van der Waals surface area contributed by atoms with E-state index in [1.165, 1.54) is 0 Å². The number of amides is 2. The van der Waals surface area contributed by atoms with Crippen molar-refractivity contribution in [2.24, 2.45) is 0 Å². The van der Waals surface area contributed by atoms with Crippen molar-refractivity contribution in [3.63, 3.8) is 0 Å². The van der Waals surface area contributed by atoms with Crippen LogP contribution < -0.4 is 15.4 Å². The van der Waals surface area contributed by atoms with Crippen molar-refractivity contribution in [3.8, 4) is 18.1 Å². The van der Waals surface area contributed by atoms with Gasteiger partial charge in [0.2, 0.25) is 0 Å². The summed E-state index contributed by atoms with van der Waals surface area (Å²) in [6.45, 7) is 0.228. The molecule has 2 aromatic carbocycles. The van der Waals surface area contributed by atoms with Gasteiger partial charge in [-0.25, -0.2) is 4.79 Å². The number of anilines is 1. The van der Waals surface area contributed by atoms with Crippen LogP contribution in [0.4, 0.5) is 10.5 Å². The van der Waals surface area contributed by atoms with Crippen molar-refractivity contribution in [2.75, 3.05) is 18.5 Å². The van der Waals surface area contributed by atoms with Gasteiger partial charge in [-0.2, -0.15) is 0 Å². The zero-order chi connectivity index (χ0) is 17.4. The van der Waals surface area contributed by atoms with Gasteiger partial charge >= 0.3 is 6.03 Å². The topological polar surface area (TPSA) is 70.6 Å². The Balaban J connectivity index is 1.83. The molecule has 1 unspecified atom stereocenters. The van der Waals surface area contributed by atoms with Crippen molar-refractivity contribution in [3.05, 3.63) is 59.1 Å². The van der Waals surface area contributed by atoms with Crippen molar-refractivity contribution in [1.29, 1.82) is 0 Å². The minimum absolute atomic E-state index is 0.0406. The molecule has 0 saturated heterocycles. The molecule has 2 amide bonds. The number of nitrogens with one attached hydrogen (secondary N) is 2. The number of carbonyl (C=O) groups excluding carboxylic acids is 1. The molecular formula is C18H17ClN2O3. The van der Waals surface area contributed by atoms with Gasteiger partial charge in [-0.15, -0.1) is 6.42 Å². The molecule has 0 aliphatic rings. The maximum Gasteiger partial charge on any atom is 0.319 e. The molecule has 0 fully saturated rings. The molecule has 0 aliphatic carbocycles. The van der Waals surface area contributed by atoms with Crippen LogP contribution in [-0.4, -0.2) is 24.3 Å². The van der Waals surface area contributed by atoms with Crippen LogP contribution in [0, 0.1) is 12.3 Å². The monoisotopic (exact) mass is 344 g/mol. The Kier molecular flexibility index (Phi) is 6.50. The second kappa shape index (κ2) is 8.82. The van der Waals surface area contributed by atoms with E-state index in [0.717, 1.165) is 0 Å². The van der Waals surface area contributed by atoms with E-state index in [1.54, 1.807) is 48.5 Å². The van der Waals surface area contributed by atoms with Crippen LogP contribution in [0.2, 0.25) is 5.02 Å². The first-order valence-corrected chi connectivity index (χ1v) is 7.61. The lowest BCUT2D eigenvalue weighted by Crippen LogP contribution is -2.32. The average Bonchev–Trinajstić information content (AvgIpc) is 2.59. The third-order valence-corrected chi connectivity index (χ3v) is 3.50. The molecule has 2 rings (SSSR count). The average molecular weight is 345 g/mol. The Morgan fingerprint density at radius 2 is 1.96 bits per heavy atom. The normalized spacial score (nSPS) is 11.2. The predicted molar refractivity (Wildman–Crippen MR) is 94.2 cm³/mol. The summed E-state index contributed by atoms with van der Waals surface area (Å²) < 4.78 is 5.24. The van der Waals surface area contributed by atoms with E-state index in [2.05, 4.69) is 16.6 Å². The lowest BCUT2D eigenvalue weighted by atomic mass is 10.1. The zero-order valence-electron chi connectivity index (χ0n) is 12.8. The van der Waals surface area contributed by atoms with Crippen LogP contribution in [0.5, 0.6) is 5.75 Å². The van der Waals surface area contributed by atoms with Crippen LogP contribution in [0.3, 0.4) is 0 Å². The highest BCUT2D eigenvalue weighted by Crippen LogP contribution is 2.22. The second-order valence-corrected chi connectivity index (χ2v) is 5.30. The van der Waals surface area contributed by atoms with Gasteiger partial charge in [0.05, 0.1) is 6.10 Å². The summed E-state index contributed by atoms with van der Waals surface area (Å²) in [5.41, 5.74) is 1.15. The molecule has 0 radical (unpaired) electrons. The molecule has 6 heteroatoms. The zero-order valence-corrected chi connectivity index (χ0v) is 13.6. The fraction of sp³-hybridized carbons (Fsp3) is 0.167. The number of rotatable bonds is 6. The van der Waals surface area contributed by atoms with E-state index in [0.29, 0.717) is 22.0 Å². The molecule has 0 bridgehead atoms. The van der Waals surface area contributed by atoms with E-state index in [1.807, 2.05) is 0 Å². The summed E-state index contributed by atoms with van der Waals surface area (Å²) in [5.74, 6) is 2.99. The molecule has 0 saturated carbocycles. The number of halogens is 1. The minimum Gasteiger partial charge on any atom is -0.481 e. The highest BCUT2D eigenvalue weighted by molar-refractivity contribution is 6.31. The fourth-order valence-corrected chi connectivity index (χ4v) is 2.24. The number of carbonyl (C=O) groups is 1. The molecule has 0 heterocycles. The number of terminal acetylenes is 1. The molecule has 124 valence electrons. The van der Waals surface area contributed by atoms with Crippen molar-refractivity contribution >= 4 is 23.3 Å². The standard InChI is InChI=1S/C18H17ClN2O3/c1-2-11-24-14-9-7-13(8-10-14)21-18(23)20-12-17(22)15-5-3-4-6-16(15)19/h1,3-10,17,22H,11-12H2,(H2,20,21,23). The highest BCUT2D eigenvalue weighted by Gasteiger charge is 2.12. The molecule has 0 spiro atoms. The van der Waals surface area contributed by atoms with Crippen molar-refractivity contribution < 1.29 is 14.6 Å². The largest absolute Gasteiger partial charge is 0.481 e. The van der Waals surface area contributed by atoms with E-state index in [4.69, 9.17) is 22.8 Å². The summed E-state index contributed by atoms with van der Waals surface area (Å²) >= 11 is 6.00. The maximum atomic E-state index is 11.9. The third-order valence-electron chi connectivity index (χ3n) is 3.15. The van der Waals surface area contributed by atoms with Gasteiger partial charge in [0.25, 0.3) is 0 Å². The molecule has 5 nitrogen and oxygen atoms in total. The summed E-state index contributed by atoms with van der Waals surface area (Å²) in [5, 5.41) is 15.8. The molecule has 24 heavy (non-hydrogen) atoms. The minimum atomic E-state index is -0.885. The van der Waals surface area contributed by atoms with Crippen LogP contribution >= 0.6 is 11.6 Å². The number of urea groups is 1. The Hall–Kier alpha value is -2.68. The van der Waals surface area contributed by atoms with E-state index in [9.17, 15) is 9.90 Å². The van der Waals surface area contributed by atoms with Gasteiger partial charge in [0.1, 0.15) is 12.4 Å². The van der Waals surface area contributed by atoms with Gasteiger partial charge < -0.3 is 20.5 Å². The van der Waals surface area contributed by atoms with Crippen LogP contribution in [0.15, 0.2) is 48.5 Å². The first kappa shape index (κ1) is 17.7. The van der Waals surface area contributed by atoms with Gasteiger partial charge in [0.15, 0.2) is 0 Å². The van der Waals surface area contributed by atoms with Crippen molar-refractivity contribution in [2.45, 2.75) is 6.10 Å². The van der Waals surface area contributed by atoms with Crippen LogP contribution in [0.1, 0.15) is 11.7 Å². The predicted octanol–water partition coefficient (Wildman–Crippen LogP) is 3.21. The summed E-state index contributed by atoms with van der Waals surface area (Å²) in [7, 11) is 0. The summed E-state index contributed by atoms with van der Waals surface area (Å²) in [4.78, 5) is 11.9. The maximum absolute atomic E-state index is 11.9. The number of hydrogen-bond acceptors (Lipinski definition) is 3. The first-order valence-electron chi connectivity index (χ1n) is 7.24. The number of aliphatic hydroxyl groups excluding tert-OH is 1. The number of benzene rings is 2. The van der Waals surface area contributed by atoms with E-state index in [-0.39, 0.29) is 13.2 Å². The van der Waals surface area contributed by atoms with Crippen LogP contribution in [0.25, 0.3) is 0 Å². The summed E-state index contributed by atoms with van der Waals surface area (Å²) in [6.07, 6.45) is 4.23. The first-order chi connectivity index (χ1) is 11.6. The van der Waals surface area contributed by atoms with Gasteiger partial charge in [-0.3, -0.25) is 0 Å². The lowest BCUT2D eigenvalue weighted by Gasteiger charge is -2.14. The van der Waals surface area contributed by atoms with Gasteiger partial charge in [-0.1, -0.05) is 35.7 Å². The number of aliphatic hydroxyl groups is 1. The Bertz CT molecular complexity index is 726. The van der Waals surface area contributed by atoms with Crippen LogP contribution in [-0.2, 0) is 0 Å². The summed E-state index contributed by atoms with van der Waals surface area (Å²) in [6, 6.07) is 13.3. The Labute approximate surface area is 145 Å². The molecule has 2 aromatic rings. The SMILES string of the molecule is C#CCOc1ccc(NC(=O)NCC(O)c2ccccc2Cl)cc1. The second-order valence-electron chi connectivity index (χ2n) is 4.89. The smallest absolute Gasteiger partial charge is 0.319 e.